The molecule has 1 fully saturated rings. The van der Waals surface area contributed by atoms with Gasteiger partial charge in [0.1, 0.15) is 0 Å². The van der Waals surface area contributed by atoms with Gasteiger partial charge < -0.3 is 4.90 Å². The monoisotopic (exact) mass is 205 g/mol. The summed E-state index contributed by atoms with van der Waals surface area (Å²) in [6, 6.07) is 1.78. The Kier molecular flexibility index (Phi) is 2.98. The van der Waals surface area contributed by atoms with E-state index in [2.05, 4.69) is 6.04 Å². The topological polar surface area (TPSA) is 3.24 Å². The first-order valence-electron chi connectivity index (χ1n) is 4.67. The molecule has 2 unspecified atom stereocenters. The first-order valence-corrected chi connectivity index (χ1v) is 4.67. The number of likely N-dealkylation sites (tertiary alicyclic amines) is 1. The zero-order valence-electron chi connectivity index (χ0n) is 8.30. The largest absolute Gasteiger partial charge is 0.393 e. The Balaban J connectivity index is 2.85. The molecular formula is C10H14F3N. The van der Waals surface area contributed by atoms with Gasteiger partial charge in [-0.1, -0.05) is 20.3 Å². The molecule has 0 spiro atoms. The average molecular weight is 205 g/mol. The molecule has 0 aromatic carbocycles. The van der Waals surface area contributed by atoms with Crippen LogP contribution in [0.5, 0.6) is 0 Å². The van der Waals surface area contributed by atoms with Crippen LogP contribution < -0.4 is 0 Å². The molecule has 1 aliphatic rings. The predicted octanol–water partition coefficient (Wildman–Crippen LogP) is 2.49. The molecule has 2 atom stereocenters. The summed E-state index contributed by atoms with van der Waals surface area (Å²) in [4.78, 5) is 1.48. The number of halogens is 3. The summed E-state index contributed by atoms with van der Waals surface area (Å²) in [5.41, 5.74) is 0. The maximum atomic E-state index is 12.6. The molecule has 1 rings (SSSR count). The second kappa shape index (κ2) is 3.72. The van der Waals surface area contributed by atoms with Gasteiger partial charge >= 0.3 is 6.18 Å². The van der Waals surface area contributed by atoms with Crippen LogP contribution in [0.15, 0.2) is 0 Å². The summed E-state index contributed by atoms with van der Waals surface area (Å²) in [6.07, 6.45) is 1.17. The van der Waals surface area contributed by atoms with Gasteiger partial charge in [0.05, 0.1) is 12.0 Å². The van der Waals surface area contributed by atoms with Crippen LogP contribution in [-0.4, -0.2) is 23.7 Å². The fourth-order valence-electron chi connectivity index (χ4n) is 2.15. The molecule has 0 radical (unpaired) electrons. The highest BCUT2D eigenvalue weighted by Crippen LogP contribution is 2.40. The van der Waals surface area contributed by atoms with Crippen LogP contribution in [0.3, 0.4) is 0 Å². The summed E-state index contributed by atoms with van der Waals surface area (Å²) in [7, 11) is 0. The Bertz CT molecular complexity index is 239. The van der Waals surface area contributed by atoms with Crippen LogP contribution in [0.25, 0.3) is 0 Å². The number of hydrogen-bond donors (Lipinski definition) is 0. The van der Waals surface area contributed by atoms with Crippen molar-refractivity contribution in [2.75, 3.05) is 6.54 Å². The predicted molar refractivity (Wildman–Crippen MR) is 48.3 cm³/mol. The molecule has 0 amide bonds. The normalized spacial score (nSPS) is 28.2. The minimum atomic E-state index is -4.12. The lowest BCUT2D eigenvalue weighted by atomic mass is 9.91. The number of terminal acetylenes is 1. The molecule has 0 bridgehead atoms. The fourth-order valence-corrected chi connectivity index (χ4v) is 2.15. The Morgan fingerprint density at radius 3 is 2.36 bits per heavy atom. The molecule has 1 aliphatic heterocycles. The van der Waals surface area contributed by atoms with Crippen LogP contribution in [0.1, 0.15) is 20.3 Å². The third kappa shape index (κ3) is 1.97. The minimum absolute atomic E-state index is 0.0693. The lowest BCUT2D eigenvalue weighted by Crippen LogP contribution is -2.40. The lowest BCUT2D eigenvalue weighted by molar-refractivity contribution is -0.182. The van der Waals surface area contributed by atoms with Gasteiger partial charge in [0, 0.05) is 12.6 Å². The molecule has 0 aromatic heterocycles. The Morgan fingerprint density at radius 1 is 1.43 bits per heavy atom. The minimum Gasteiger partial charge on any atom is -0.329 e. The van der Waals surface area contributed by atoms with Crippen LogP contribution >= 0.6 is 0 Å². The van der Waals surface area contributed by atoms with Gasteiger partial charge in [-0.25, -0.2) is 0 Å². The summed E-state index contributed by atoms with van der Waals surface area (Å²) < 4.78 is 37.8. The highest BCUT2D eigenvalue weighted by atomic mass is 19.4. The third-order valence-electron chi connectivity index (χ3n) is 2.72. The zero-order chi connectivity index (χ0) is 10.9. The van der Waals surface area contributed by atoms with Crippen molar-refractivity contribution in [2.24, 2.45) is 11.8 Å². The summed E-state index contributed by atoms with van der Waals surface area (Å²) >= 11 is 0. The molecule has 80 valence electrons. The highest BCUT2D eigenvalue weighted by molar-refractivity contribution is 5.00. The standard InChI is InChI=1S/C10H14F3N/c1-4-14-6-5-8(10(11,12)13)9(14)7(2)3/h1,7-9H,5-6H2,2-3H3. The van der Waals surface area contributed by atoms with Crippen LogP contribution in [-0.2, 0) is 0 Å². The number of nitrogens with zero attached hydrogens (tertiary/aromatic N) is 1. The summed E-state index contributed by atoms with van der Waals surface area (Å²) in [5.74, 6) is -1.33. The van der Waals surface area contributed by atoms with E-state index >= 15 is 0 Å². The van der Waals surface area contributed by atoms with E-state index < -0.39 is 18.1 Å². The zero-order valence-corrected chi connectivity index (χ0v) is 8.30. The van der Waals surface area contributed by atoms with Gasteiger partial charge in [0.25, 0.3) is 0 Å². The molecule has 0 aliphatic carbocycles. The van der Waals surface area contributed by atoms with Crippen LogP contribution in [0.2, 0.25) is 0 Å². The third-order valence-corrected chi connectivity index (χ3v) is 2.72. The molecule has 0 aromatic rings. The maximum Gasteiger partial charge on any atom is 0.393 e. The van der Waals surface area contributed by atoms with Gasteiger partial charge in [-0.15, -0.1) is 0 Å². The van der Waals surface area contributed by atoms with E-state index in [0.717, 1.165) is 0 Å². The van der Waals surface area contributed by atoms with E-state index in [1.807, 2.05) is 0 Å². The second-order valence-electron chi connectivity index (χ2n) is 3.99. The number of hydrogen-bond acceptors (Lipinski definition) is 1. The SMILES string of the molecule is C#CN1CCC(C(F)(F)F)C1C(C)C. The van der Waals surface area contributed by atoms with Crippen molar-refractivity contribution in [1.82, 2.24) is 4.90 Å². The van der Waals surface area contributed by atoms with Crippen molar-refractivity contribution in [3.05, 3.63) is 0 Å². The second-order valence-corrected chi connectivity index (χ2v) is 3.99. The summed E-state index contributed by atoms with van der Waals surface area (Å²) in [5, 5.41) is 0. The van der Waals surface area contributed by atoms with Crippen molar-refractivity contribution in [3.63, 3.8) is 0 Å². The molecule has 0 N–H and O–H groups in total. The molecule has 4 heteroatoms. The van der Waals surface area contributed by atoms with Crippen molar-refractivity contribution < 1.29 is 13.2 Å². The van der Waals surface area contributed by atoms with E-state index in [1.165, 1.54) is 4.90 Å². The van der Waals surface area contributed by atoms with Crippen LogP contribution in [0.4, 0.5) is 13.2 Å². The Morgan fingerprint density at radius 2 is 2.00 bits per heavy atom. The van der Waals surface area contributed by atoms with E-state index in [1.54, 1.807) is 13.8 Å². The molecule has 1 nitrogen and oxygen atoms in total. The van der Waals surface area contributed by atoms with Gasteiger partial charge in [0.15, 0.2) is 0 Å². The number of rotatable bonds is 1. The van der Waals surface area contributed by atoms with Gasteiger partial charge in [-0.3, -0.25) is 0 Å². The highest BCUT2D eigenvalue weighted by Gasteiger charge is 2.50. The van der Waals surface area contributed by atoms with Crippen molar-refractivity contribution in [2.45, 2.75) is 32.5 Å². The number of alkyl halides is 3. The van der Waals surface area contributed by atoms with Crippen LogP contribution in [0, 0.1) is 24.3 Å². The maximum absolute atomic E-state index is 12.6. The van der Waals surface area contributed by atoms with Gasteiger partial charge in [0.2, 0.25) is 0 Å². The first-order chi connectivity index (χ1) is 6.38. The smallest absolute Gasteiger partial charge is 0.329 e. The van der Waals surface area contributed by atoms with Crippen molar-refractivity contribution in [3.8, 4) is 12.5 Å². The van der Waals surface area contributed by atoms with E-state index in [4.69, 9.17) is 6.42 Å². The fraction of sp³-hybridized carbons (Fsp3) is 0.800. The lowest BCUT2D eigenvalue weighted by Gasteiger charge is -2.29. The quantitative estimate of drug-likeness (QED) is 0.594. The molecule has 1 heterocycles. The molecule has 0 saturated carbocycles. The molecule has 14 heavy (non-hydrogen) atoms. The van der Waals surface area contributed by atoms with Gasteiger partial charge in [-0.05, 0) is 12.3 Å². The molecular weight excluding hydrogens is 191 g/mol. The van der Waals surface area contributed by atoms with E-state index in [-0.39, 0.29) is 12.3 Å². The van der Waals surface area contributed by atoms with Gasteiger partial charge in [-0.2, -0.15) is 13.2 Å². The van der Waals surface area contributed by atoms with E-state index in [9.17, 15) is 13.2 Å². The Hall–Kier alpha value is -0.850. The molecule has 1 saturated heterocycles. The average Bonchev–Trinajstić information content (AvgIpc) is 2.45. The Labute approximate surface area is 82.3 Å². The van der Waals surface area contributed by atoms with Crippen molar-refractivity contribution >= 4 is 0 Å². The van der Waals surface area contributed by atoms with Crippen molar-refractivity contribution in [1.29, 1.82) is 0 Å². The van der Waals surface area contributed by atoms with E-state index in [0.29, 0.717) is 6.54 Å². The first kappa shape index (κ1) is 11.2. The summed E-state index contributed by atoms with van der Waals surface area (Å²) in [6.45, 7) is 3.90.